The highest BCUT2D eigenvalue weighted by atomic mass is 32.1. The minimum absolute atomic E-state index is 0.300. The summed E-state index contributed by atoms with van der Waals surface area (Å²) >= 11 is 1.44. The molecule has 0 bridgehead atoms. The highest BCUT2D eigenvalue weighted by Crippen LogP contribution is 2.43. The third-order valence-electron chi connectivity index (χ3n) is 3.11. The number of nitrogens with zero attached hydrogens (tertiary/aromatic N) is 1. The van der Waals surface area contributed by atoms with E-state index in [1.54, 1.807) is 7.11 Å². The van der Waals surface area contributed by atoms with Crippen LogP contribution in [0.2, 0.25) is 0 Å². The number of hydrogen-bond acceptors (Lipinski definition) is 4. The Bertz CT molecular complexity index is 326. The molecule has 2 rings (SSSR count). The van der Waals surface area contributed by atoms with E-state index in [9.17, 15) is 5.11 Å². The normalized spacial score (nSPS) is 32.1. The maximum atomic E-state index is 10.4. The van der Waals surface area contributed by atoms with E-state index < -0.39 is 5.60 Å². The molecule has 14 heavy (non-hydrogen) atoms. The molecule has 0 amide bonds. The predicted molar refractivity (Wildman–Crippen MR) is 55.6 cm³/mol. The summed E-state index contributed by atoms with van der Waals surface area (Å²) in [6.45, 7) is 2.08. The average molecular weight is 213 g/mol. The van der Waals surface area contributed by atoms with Gasteiger partial charge in [0.1, 0.15) is 5.60 Å². The summed E-state index contributed by atoms with van der Waals surface area (Å²) in [7, 11) is 1.60. The minimum atomic E-state index is -0.715. The Labute approximate surface area is 87.7 Å². The maximum absolute atomic E-state index is 10.4. The van der Waals surface area contributed by atoms with Crippen molar-refractivity contribution >= 4 is 11.3 Å². The van der Waals surface area contributed by atoms with Crippen LogP contribution in [0.1, 0.15) is 31.9 Å². The zero-order valence-electron chi connectivity index (χ0n) is 8.49. The van der Waals surface area contributed by atoms with Crippen LogP contribution in [0, 0.1) is 5.92 Å². The molecule has 3 nitrogen and oxygen atoms in total. The van der Waals surface area contributed by atoms with E-state index in [1.807, 2.05) is 5.38 Å². The summed E-state index contributed by atoms with van der Waals surface area (Å²) < 4.78 is 5.03. The van der Waals surface area contributed by atoms with Gasteiger partial charge in [0.05, 0.1) is 12.8 Å². The quantitative estimate of drug-likeness (QED) is 0.818. The Balaban J connectivity index is 2.28. The standard InChI is InChI=1S/C10H15NO2S/c1-7-4-3-5-10(7,12)8-6-14-9(11-8)13-2/h6-7,12H,3-5H2,1-2H3. The molecule has 2 unspecified atom stereocenters. The molecule has 0 radical (unpaired) electrons. The minimum Gasteiger partial charge on any atom is -0.473 e. The highest BCUT2D eigenvalue weighted by Gasteiger charge is 2.41. The van der Waals surface area contributed by atoms with Crippen molar-refractivity contribution in [3.63, 3.8) is 0 Å². The SMILES string of the molecule is COc1nc(C2(O)CCCC2C)cs1. The Morgan fingerprint density at radius 1 is 1.71 bits per heavy atom. The number of aromatic nitrogens is 1. The van der Waals surface area contributed by atoms with Crippen LogP contribution in [-0.4, -0.2) is 17.2 Å². The monoisotopic (exact) mass is 213 g/mol. The van der Waals surface area contributed by atoms with E-state index in [0.717, 1.165) is 25.0 Å². The lowest BCUT2D eigenvalue weighted by Gasteiger charge is -2.25. The molecule has 0 saturated heterocycles. The van der Waals surface area contributed by atoms with Crippen LogP contribution in [-0.2, 0) is 5.60 Å². The fourth-order valence-corrected chi connectivity index (χ4v) is 2.81. The lowest BCUT2D eigenvalue weighted by atomic mass is 9.90. The van der Waals surface area contributed by atoms with Gasteiger partial charge in [0.25, 0.3) is 5.19 Å². The van der Waals surface area contributed by atoms with Crippen molar-refractivity contribution < 1.29 is 9.84 Å². The first-order valence-corrected chi connectivity index (χ1v) is 5.77. The predicted octanol–water partition coefficient (Wildman–Crippen LogP) is 2.16. The first-order valence-electron chi connectivity index (χ1n) is 4.89. The van der Waals surface area contributed by atoms with Crippen LogP contribution in [0.4, 0.5) is 0 Å². The van der Waals surface area contributed by atoms with Crippen molar-refractivity contribution in [2.24, 2.45) is 5.92 Å². The topological polar surface area (TPSA) is 42.4 Å². The Kier molecular flexibility index (Phi) is 2.49. The number of methoxy groups -OCH3 is 1. The summed E-state index contributed by atoms with van der Waals surface area (Å²) in [5.41, 5.74) is 0.0668. The molecule has 2 atom stereocenters. The largest absolute Gasteiger partial charge is 0.473 e. The van der Waals surface area contributed by atoms with Gasteiger partial charge >= 0.3 is 0 Å². The molecule has 0 aliphatic heterocycles. The molecule has 1 aliphatic rings. The van der Waals surface area contributed by atoms with Crippen LogP contribution < -0.4 is 4.74 Å². The van der Waals surface area contributed by atoms with E-state index in [1.165, 1.54) is 11.3 Å². The maximum Gasteiger partial charge on any atom is 0.273 e. The molecule has 0 aromatic carbocycles. The third kappa shape index (κ3) is 1.42. The number of aliphatic hydroxyl groups is 1. The van der Waals surface area contributed by atoms with E-state index in [2.05, 4.69) is 11.9 Å². The Hall–Kier alpha value is -0.610. The van der Waals surface area contributed by atoms with Crippen LogP contribution in [0.3, 0.4) is 0 Å². The summed E-state index contributed by atoms with van der Waals surface area (Å²) in [5, 5.41) is 13.0. The molecule has 1 N–H and O–H groups in total. The van der Waals surface area contributed by atoms with Gasteiger partial charge in [0.15, 0.2) is 0 Å². The summed E-state index contributed by atoms with van der Waals surface area (Å²) in [6.07, 6.45) is 2.98. The number of ether oxygens (including phenoxy) is 1. The van der Waals surface area contributed by atoms with E-state index in [4.69, 9.17) is 4.74 Å². The smallest absolute Gasteiger partial charge is 0.273 e. The molecule has 1 saturated carbocycles. The zero-order chi connectivity index (χ0) is 10.2. The molecule has 4 heteroatoms. The molecule has 0 spiro atoms. The van der Waals surface area contributed by atoms with Crippen LogP contribution in [0.5, 0.6) is 5.19 Å². The summed E-state index contributed by atoms with van der Waals surface area (Å²) in [5.74, 6) is 0.300. The van der Waals surface area contributed by atoms with Gasteiger partial charge in [-0.1, -0.05) is 18.3 Å². The summed E-state index contributed by atoms with van der Waals surface area (Å²) in [4.78, 5) is 4.28. The zero-order valence-corrected chi connectivity index (χ0v) is 9.30. The van der Waals surface area contributed by atoms with Gasteiger partial charge < -0.3 is 9.84 Å². The van der Waals surface area contributed by atoms with Gasteiger partial charge in [0, 0.05) is 5.38 Å². The summed E-state index contributed by atoms with van der Waals surface area (Å²) in [6, 6.07) is 0. The average Bonchev–Trinajstić information content (AvgIpc) is 2.75. The number of thiazole rings is 1. The van der Waals surface area contributed by atoms with E-state index in [0.29, 0.717) is 11.1 Å². The first kappa shape index (κ1) is 9.93. The molecule has 1 aromatic rings. The van der Waals surface area contributed by atoms with Gasteiger partial charge in [-0.3, -0.25) is 0 Å². The molecular formula is C10H15NO2S. The highest BCUT2D eigenvalue weighted by molar-refractivity contribution is 7.11. The first-order chi connectivity index (χ1) is 6.66. The molecule has 1 aliphatic carbocycles. The molecule has 1 aromatic heterocycles. The Morgan fingerprint density at radius 3 is 3.00 bits per heavy atom. The van der Waals surface area contributed by atoms with Crippen LogP contribution in [0.15, 0.2) is 5.38 Å². The van der Waals surface area contributed by atoms with Crippen LogP contribution in [0.25, 0.3) is 0 Å². The number of rotatable bonds is 2. The van der Waals surface area contributed by atoms with Crippen molar-refractivity contribution in [1.29, 1.82) is 0 Å². The molecule has 1 fully saturated rings. The van der Waals surface area contributed by atoms with Gasteiger partial charge in [-0.25, -0.2) is 4.98 Å². The second-order valence-electron chi connectivity index (χ2n) is 3.92. The second-order valence-corrected chi connectivity index (χ2v) is 4.74. The molecule has 1 heterocycles. The van der Waals surface area contributed by atoms with Crippen molar-refractivity contribution in [1.82, 2.24) is 4.98 Å². The van der Waals surface area contributed by atoms with Gasteiger partial charge in [-0.15, -0.1) is 0 Å². The van der Waals surface area contributed by atoms with E-state index in [-0.39, 0.29) is 0 Å². The van der Waals surface area contributed by atoms with Crippen molar-refractivity contribution in [3.05, 3.63) is 11.1 Å². The van der Waals surface area contributed by atoms with Gasteiger partial charge in [-0.2, -0.15) is 0 Å². The fraction of sp³-hybridized carbons (Fsp3) is 0.700. The number of hydrogen-bond donors (Lipinski definition) is 1. The van der Waals surface area contributed by atoms with Gasteiger partial charge in [-0.05, 0) is 25.2 Å². The fourth-order valence-electron chi connectivity index (χ4n) is 2.09. The second kappa shape index (κ2) is 3.51. The van der Waals surface area contributed by atoms with Crippen molar-refractivity contribution in [3.8, 4) is 5.19 Å². The lowest BCUT2D eigenvalue weighted by Crippen LogP contribution is -2.28. The van der Waals surface area contributed by atoms with Crippen molar-refractivity contribution in [2.75, 3.05) is 7.11 Å². The molecule has 78 valence electrons. The van der Waals surface area contributed by atoms with Crippen molar-refractivity contribution in [2.45, 2.75) is 31.8 Å². The van der Waals surface area contributed by atoms with Crippen LogP contribution >= 0.6 is 11.3 Å². The van der Waals surface area contributed by atoms with Gasteiger partial charge in [0.2, 0.25) is 0 Å². The molecular weight excluding hydrogens is 198 g/mol. The Morgan fingerprint density at radius 2 is 2.50 bits per heavy atom. The van der Waals surface area contributed by atoms with E-state index >= 15 is 0 Å². The third-order valence-corrected chi connectivity index (χ3v) is 3.91. The lowest BCUT2D eigenvalue weighted by molar-refractivity contribution is 0.000566.